The Hall–Kier alpha value is -6.81. The van der Waals surface area contributed by atoms with Crippen molar-refractivity contribution in [3.63, 3.8) is 0 Å². The van der Waals surface area contributed by atoms with Gasteiger partial charge in [-0.15, -0.1) is 0 Å². The number of aliphatic hydroxyl groups excluding tert-OH is 1. The van der Waals surface area contributed by atoms with Gasteiger partial charge in [0.1, 0.15) is 17.3 Å². The van der Waals surface area contributed by atoms with Crippen molar-refractivity contribution in [1.82, 2.24) is 9.13 Å². The number of fused-ring (bicyclic) bond motifs is 6. The zero-order valence-electron chi connectivity index (χ0n) is 59.3. The van der Waals surface area contributed by atoms with E-state index in [0.29, 0.717) is 17.7 Å². The lowest BCUT2D eigenvalue weighted by atomic mass is 9.64. The zero-order chi connectivity index (χ0) is 67.6. The van der Waals surface area contributed by atoms with Crippen LogP contribution in [0.25, 0.3) is 66.1 Å². The van der Waals surface area contributed by atoms with Gasteiger partial charge in [-0.2, -0.15) is 0 Å². The van der Waals surface area contributed by atoms with Crippen LogP contribution in [0.2, 0.25) is 0 Å². The highest BCUT2D eigenvalue weighted by Crippen LogP contribution is 2.55. The highest BCUT2D eigenvalue weighted by molar-refractivity contribution is 6.12. The standard InChI is InChI=1S/C83H103F3N2O4/c1-74(2,3)49-80(19,20)56-39-51(40-58(41-56)87-67-31-27-52(76(7,8)9)42-60(67)61-43-53(77(10,11)12)28-32-68(61)87)65-46-57(84)35-36-83(65,90)92-38-24-37-91-73-59(25-23-26-66(73)85)64-47-82(86,81(21,22)50-75(4,5)6)48-71(72(64)89)88-69-33-29-54(78(13,14)15)44-62(69)63-45-55(79(16,17)18)30-34-70(63)88/h23,25-35,39-47,89-90H,24,36-38,48-50H2,1-22H3. The third-order valence-electron chi connectivity index (χ3n) is 19.3. The molecule has 2 heterocycles. The lowest BCUT2D eigenvalue weighted by Crippen LogP contribution is -2.43. The maximum Gasteiger partial charge on any atom is 0.196 e. The number of aromatic nitrogens is 2. The molecule has 0 saturated heterocycles. The third kappa shape index (κ3) is 13.3. The maximum absolute atomic E-state index is 19.1. The summed E-state index contributed by atoms with van der Waals surface area (Å²) in [5, 5.41) is 30.2. The quantitative estimate of drug-likeness (QED) is 0.0841. The minimum atomic E-state index is -2.04. The van der Waals surface area contributed by atoms with Crippen molar-refractivity contribution in [3.8, 4) is 11.4 Å². The third-order valence-corrected chi connectivity index (χ3v) is 19.3. The number of hydrogen-bond donors (Lipinski definition) is 2. The Morgan fingerprint density at radius 2 is 1.00 bits per heavy atom. The molecule has 0 amide bonds. The Morgan fingerprint density at radius 3 is 1.46 bits per heavy atom. The van der Waals surface area contributed by atoms with Gasteiger partial charge in [0.05, 0.1) is 41.0 Å². The molecule has 2 unspecified atom stereocenters. The van der Waals surface area contributed by atoms with Gasteiger partial charge in [0.15, 0.2) is 17.4 Å². The average Bonchev–Trinajstić information content (AvgIpc) is 1.46. The number of ether oxygens (including phenoxy) is 2. The van der Waals surface area contributed by atoms with E-state index in [-0.39, 0.29) is 98.6 Å². The molecule has 0 bridgehead atoms. The van der Waals surface area contributed by atoms with E-state index in [9.17, 15) is 10.2 Å². The van der Waals surface area contributed by atoms with Crippen molar-refractivity contribution in [2.24, 2.45) is 16.2 Å². The number of halogens is 3. The van der Waals surface area contributed by atoms with Crippen molar-refractivity contribution in [1.29, 1.82) is 0 Å². The molecule has 490 valence electrons. The van der Waals surface area contributed by atoms with Gasteiger partial charge in [0, 0.05) is 68.6 Å². The summed E-state index contributed by atoms with van der Waals surface area (Å²) in [6.45, 7) is 47.8. The number of allylic oxidation sites excluding steroid dienone is 5. The molecule has 0 saturated carbocycles. The first-order valence-electron chi connectivity index (χ1n) is 33.3. The first-order valence-corrected chi connectivity index (χ1v) is 33.3. The first kappa shape index (κ1) is 68.1. The van der Waals surface area contributed by atoms with Crippen LogP contribution in [0.15, 0.2) is 139 Å². The van der Waals surface area contributed by atoms with Crippen molar-refractivity contribution >= 4 is 60.5 Å². The van der Waals surface area contributed by atoms with E-state index in [1.54, 1.807) is 12.1 Å². The second-order valence-corrected chi connectivity index (χ2v) is 34.8. The second kappa shape index (κ2) is 23.3. The van der Waals surface area contributed by atoms with Gasteiger partial charge in [0.25, 0.3) is 0 Å². The zero-order valence-corrected chi connectivity index (χ0v) is 59.3. The van der Waals surface area contributed by atoms with Gasteiger partial charge in [-0.25, -0.2) is 13.2 Å². The molecule has 8 aromatic rings. The molecule has 2 aromatic heterocycles. The number of para-hydroxylation sites is 1. The van der Waals surface area contributed by atoms with Crippen molar-refractivity contribution in [2.45, 2.75) is 223 Å². The van der Waals surface area contributed by atoms with Gasteiger partial charge in [-0.1, -0.05) is 195 Å². The molecule has 0 radical (unpaired) electrons. The van der Waals surface area contributed by atoms with Crippen LogP contribution < -0.4 is 4.74 Å². The fourth-order valence-electron chi connectivity index (χ4n) is 14.8. The minimum Gasteiger partial charge on any atom is -0.505 e. The molecule has 9 heteroatoms. The van der Waals surface area contributed by atoms with E-state index < -0.39 is 28.5 Å². The summed E-state index contributed by atoms with van der Waals surface area (Å²) in [5.41, 5.74) is 7.84. The summed E-state index contributed by atoms with van der Waals surface area (Å²) >= 11 is 0. The molecule has 0 aliphatic heterocycles. The van der Waals surface area contributed by atoms with Gasteiger partial charge in [0.2, 0.25) is 0 Å². The molecule has 0 fully saturated rings. The SMILES string of the molecule is CC(C)(C)CC(C)(C)c1cc(C2=CC(F)=CCC2(O)OCCCOc2c(F)cccc2C2=CC(F)(C(C)(C)CC(C)(C)C)CC(n3c4ccc(C(C)(C)C)cc4c4cc(C(C)(C)C)ccc43)=C2O)cc(-n2c3ccc(C(C)(C)C)cc3c3cc(C(C)(C)C)ccc32)c1. The predicted molar refractivity (Wildman–Crippen MR) is 381 cm³/mol. The van der Waals surface area contributed by atoms with E-state index >= 15 is 13.2 Å². The molecular formula is C83H103F3N2O4. The van der Waals surface area contributed by atoms with Crippen LogP contribution in [-0.2, 0) is 31.8 Å². The Bertz CT molecular complexity index is 4180. The van der Waals surface area contributed by atoms with Gasteiger partial charge in [-0.05, 0) is 169 Å². The summed E-state index contributed by atoms with van der Waals surface area (Å²) < 4.78 is 69.1. The summed E-state index contributed by atoms with van der Waals surface area (Å²) in [6, 6.07) is 37.3. The predicted octanol–water partition coefficient (Wildman–Crippen LogP) is 23.1. The van der Waals surface area contributed by atoms with E-state index in [0.717, 1.165) is 72.4 Å². The van der Waals surface area contributed by atoms with E-state index in [1.807, 2.05) is 24.5 Å². The molecule has 10 rings (SSSR count). The molecule has 0 spiro atoms. The topological polar surface area (TPSA) is 68.8 Å². The Kier molecular flexibility index (Phi) is 17.2. The number of benzene rings is 6. The Labute approximate surface area is 547 Å². The summed E-state index contributed by atoms with van der Waals surface area (Å²) in [5.74, 6) is -3.44. The normalized spacial score (nSPS) is 18.6. The number of nitrogens with zero attached hydrogens (tertiary/aromatic N) is 2. The Morgan fingerprint density at radius 1 is 0.533 bits per heavy atom. The van der Waals surface area contributed by atoms with Crippen molar-refractivity contribution in [2.75, 3.05) is 13.2 Å². The lowest BCUT2D eigenvalue weighted by molar-refractivity contribution is -0.157. The van der Waals surface area contributed by atoms with Crippen LogP contribution in [-0.4, -0.2) is 44.0 Å². The molecular weight excluding hydrogens is 1150 g/mol. The Balaban J connectivity index is 1.02. The number of hydrogen-bond acceptors (Lipinski definition) is 4. The molecule has 2 aliphatic carbocycles. The largest absolute Gasteiger partial charge is 0.505 e. The smallest absolute Gasteiger partial charge is 0.196 e. The molecule has 92 heavy (non-hydrogen) atoms. The molecule has 6 aromatic carbocycles. The highest BCUT2D eigenvalue weighted by atomic mass is 19.1. The number of aliphatic hydroxyl groups is 2. The fourth-order valence-corrected chi connectivity index (χ4v) is 14.8. The van der Waals surface area contributed by atoms with Crippen molar-refractivity contribution in [3.05, 3.63) is 184 Å². The van der Waals surface area contributed by atoms with Crippen molar-refractivity contribution < 1.29 is 32.9 Å². The van der Waals surface area contributed by atoms with E-state index in [1.165, 1.54) is 35.4 Å². The van der Waals surface area contributed by atoms with Crippen LogP contribution in [0.4, 0.5) is 13.2 Å². The van der Waals surface area contributed by atoms with Gasteiger partial charge < -0.3 is 28.8 Å². The van der Waals surface area contributed by atoms with Crippen LogP contribution in [0, 0.1) is 22.1 Å². The molecule has 2 aliphatic rings. The summed E-state index contributed by atoms with van der Waals surface area (Å²) in [4.78, 5) is 0. The lowest BCUT2D eigenvalue weighted by Gasteiger charge is -2.45. The monoisotopic (exact) mass is 1250 g/mol. The summed E-state index contributed by atoms with van der Waals surface area (Å²) in [6.07, 6.45) is 5.45. The molecule has 2 atom stereocenters. The van der Waals surface area contributed by atoms with Crippen LogP contribution in [0.5, 0.6) is 5.75 Å². The highest BCUT2D eigenvalue weighted by Gasteiger charge is 2.50. The van der Waals surface area contributed by atoms with Crippen LogP contribution >= 0.6 is 0 Å². The number of rotatable bonds is 14. The maximum atomic E-state index is 19.1. The molecule has 2 N–H and O–H groups in total. The minimum absolute atomic E-state index is 0.0385. The second-order valence-electron chi connectivity index (χ2n) is 34.8. The van der Waals surface area contributed by atoms with E-state index in [2.05, 4.69) is 228 Å². The van der Waals surface area contributed by atoms with Crippen LogP contribution in [0.3, 0.4) is 0 Å². The van der Waals surface area contributed by atoms with E-state index in [4.69, 9.17) is 9.47 Å². The average molecular weight is 1250 g/mol. The summed E-state index contributed by atoms with van der Waals surface area (Å²) in [7, 11) is 0. The number of alkyl halides is 1. The first-order chi connectivity index (χ1) is 42.3. The molecule has 6 nitrogen and oxygen atoms in total. The fraction of sp³-hybridized carbons (Fsp3) is 0.470. The van der Waals surface area contributed by atoms with Gasteiger partial charge >= 0.3 is 0 Å². The van der Waals surface area contributed by atoms with Gasteiger partial charge in [-0.3, -0.25) is 0 Å². The van der Waals surface area contributed by atoms with Crippen LogP contribution in [0.1, 0.15) is 223 Å².